The predicted molar refractivity (Wildman–Crippen MR) is 105 cm³/mol. The highest BCUT2D eigenvalue weighted by Gasteiger charge is 2.29. The first-order valence-electron chi connectivity index (χ1n) is 7.52. The van der Waals surface area contributed by atoms with Crippen molar-refractivity contribution in [3.05, 3.63) is 68.1 Å². The Hall–Kier alpha value is -2.35. The smallest absolute Gasteiger partial charge is 0.345 e. The summed E-state index contributed by atoms with van der Waals surface area (Å²) in [6.45, 7) is 0. The van der Waals surface area contributed by atoms with Crippen molar-refractivity contribution in [2.75, 3.05) is 12.4 Å². The normalized spacial score (nSPS) is 10.5. The van der Waals surface area contributed by atoms with Gasteiger partial charge in [-0.3, -0.25) is 10.1 Å². The molecule has 9 heteroatoms. The van der Waals surface area contributed by atoms with Crippen molar-refractivity contribution in [3.8, 4) is 11.3 Å². The van der Waals surface area contributed by atoms with Gasteiger partial charge in [0.15, 0.2) is 5.56 Å². The number of nitrogens with zero attached hydrogens (tertiary/aromatic N) is 1. The fourth-order valence-electron chi connectivity index (χ4n) is 2.38. The van der Waals surface area contributed by atoms with Crippen LogP contribution in [0.25, 0.3) is 11.3 Å². The maximum Gasteiger partial charge on any atom is 0.345 e. The van der Waals surface area contributed by atoms with Crippen molar-refractivity contribution in [2.24, 2.45) is 0 Å². The number of methoxy groups -OCH3 is 1. The van der Waals surface area contributed by atoms with Crippen molar-refractivity contribution >= 4 is 56.9 Å². The van der Waals surface area contributed by atoms with E-state index in [1.807, 2.05) is 0 Å². The minimum atomic E-state index is -0.760. The third kappa shape index (κ3) is 3.85. The topological polar surface area (TPSA) is 81.4 Å². The van der Waals surface area contributed by atoms with E-state index in [1.165, 1.54) is 7.11 Å². The van der Waals surface area contributed by atoms with Crippen LogP contribution in [0, 0.1) is 0 Å². The van der Waals surface area contributed by atoms with Crippen LogP contribution in [0.3, 0.4) is 0 Å². The Morgan fingerprint density at radius 1 is 1.11 bits per heavy atom. The standard InChI is InChI=1S/C18H11BrCl2N2O4/c1-26-18(25)14-15(13-11(20)7-4-8-12(13)21)23-27-17(14)22-16(24)9-5-2-3-6-10(9)19/h2-8H,1H3,(H,22,24). The number of amides is 1. The number of carbonyl (C=O) groups excluding carboxylic acids is 2. The molecule has 0 saturated heterocycles. The summed E-state index contributed by atoms with van der Waals surface area (Å²) < 4.78 is 10.6. The molecule has 1 N–H and O–H groups in total. The van der Waals surface area contributed by atoms with Gasteiger partial charge in [0, 0.05) is 10.0 Å². The second-order valence-corrected chi connectivity index (χ2v) is 6.93. The maximum atomic E-state index is 12.5. The summed E-state index contributed by atoms with van der Waals surface area (Å²) in [6.07, 6.45) is 0. The quantitative estimate of drug-likeness (QED) is 0.513. The van der Waals surface area contributed by atoms with Crippen LogP contribution in [0.4, 0.5) is 5.88 Å². The molecule has 0 aliphatic rings. The highest BCUT2D eigenvalue weighted by molar-refractivity contribution is 9.10. The molecular formula is C18H11BrCl2N2O4. The van der Waals surface area contributed by atoms with E-state index in [4.69, 9.17) is 32.5 Å². The molecule has 0 radical (unpaired) electrons. The lowest BCUT2D eigenvalue weighted by Gasteiger charge is -2.07. The number of aromatic nitrogens is 1. The van der Waals surface area contributed by atoms with Crippen molar-refractivity contribution in [3.63, 3.8) is 0 Å². The van der Waals surface area contributed by atoms with Gasteiger partial charge in [-0.15, -0.1) is 0 Å². The number of halogens is 3. The first-order chi connectivity index (χ1) is 12.9. The van der Waals surface area contributed by atoms with Crippen LogP contribution in [-0.2, 0) is 4.74 Å². The average molecular weight is 470 g/mol. The number of ether oxygens (including phenoxy) is 1. The van der Waals surface area contributed by atoms with Crippen molar-refractivity contribution in [2.45, 2.75) is 0 Å². The van der Waals surface area contributed by atoms with Gasteiger partial charge >= 0.3 is 5.97 Å². The van der Waals surface area contributed by atoms with Crippen molar-refractivity contribution in [1.29, 1.82) is 0 Å². The van der Waals surface area contributed by atoms with Gasteiger partial charge in [0.05, 0.1) is 22.7 Å². The monoisotopic (exact) mass is 468 g/mol. The average Bonchev–Trinajstić information content (AvgIpc) is 3.04. The largest absolute Gasteiger partial charge is 0.465 e. The second-order valence-electron chi connectivity index (χ2n) is 5.26. The molecule has 0 atom stereocenters. The predicted octanol–water partition coefficient (Wildman–Crippen LogP) is 5.45. The molecule has 0 unspecified atom stereocenters. The molecular weight excluding hydrogens is 459 g/mol. The fourth-order valence-corrected chi connectivity index (χ4v) is 3.42. The first-order valence-corrected chi connectivity index (χ1v) is 9.07. The molecule has 27 heavy (non-hydrogen) atoms. The molecule has 0 bridgehead atoms. The Balaban J connectivity index is 2.08. The molecule has 0 saturated carbocycles. The van der Waals surface area contributed by atoms with Crippen LogP contribution in [0.15, 0.2) is 51.5 Å². The molecule has 1 aromatic heterocycles. The molecule has 6 nitrogen and oxygen atoms in total. The number of carbonyl (C=O) groups is 2. The summed E-state index contributed by atoms with van der Waals surface area (Å²) in [5.41, 5.74) is 0.626. The summed E-state index contributed by atoms with van der Waals surface area (Å²) in [5, 5.41) is 6.94. The van der Waals surface area contributed by atoms with E-state index in [-0.39, 0.29) is 27.2 Å². The van der Waals surface area contributed by atoms with Gasteiger partial charge < -0.3 is 9.26 Å². The summed E-state index contributed by atoms with van der Waals surface area (Å²) in [4.78, 5) is 24.9. The summed E-state index contributed by atoms with van der Waals surface area (Å²) in [7, 11) is 1.20. The van der Waals surface area contributed by atoms with E-state index < -0.39 is 11.9 Å². The zero-order valence-corrected chi connectivity index (χ0v) is 16.9. The Labute approximate surface area is 172 Å². The van der Waals surface area contributed by atoms with E-state index in [2.05, 4.69) is 26.4 Å². The van der Waals surface area contributed by atoms with Gasteiger partial charge in [-0.05, 0) is 40.2 Å². The van der Waals surface area contributed by atoms with Gasteiger partial charge in [0.2, 0.25) is 5.88 Å². The molecule has 0 aliphatic carbocycles. The second kappa shape index (κ2) is 8.12. The van der Waals surface area contributed by atoms with E-state index in [9.17, 15) is 9.59 Å². The molecule has 3 aromatic rings. The minimum absolute atomic E-state index is 0.0693. The SMILES string of the molecule is COC(=O)c1c(-c2c(Cl)cccc2Cl)noc1NC(=O)c1ccccc1Br. The number of anilines is 1. The molecule has 2 aromatic carbocycles. The van der Waals surface area contributed by atoms with Gasteiger partial charge in [0.25, 0.3) is 5.91 Å². The van der Waals surface area contributed by atoms with E-state index in [0.717, 1.165) is 0 Å². The first kappa shape index (κ1) is 19.4. The number of rotatable bonds is 4. The van der Waals surface area contributed by atoms with Crippen LogP contribution < -0.4 is 5.32 Å². The maximum absolute atomic E-state index is 12.5. The summed E-state index contributed by atoms with van der Waals surface area (Å²) >= 11 is 15.7. The van der Waals surface area contributed by atoms with Gasteiger partial charge in [-0.1, -0.05) is 46.6 Å². The number of benzene rings is 2. The zero-order valence-electron chi connectivity index (χ0n) is 13.8. The van der Waals surface area contributed by atoms with Gasteiger partial charge in [-0.25, -0.2) is 4.79 Å². The number of hydrogen-bond donors (Lipinski definition) is 1. The van der Waals surface area contributed by atoms with E-state index in [1.54, 1.807) is 42.5 Å². The number of hydrogen-bond acceptors (Lipinski definition) is 5. The third-order valence-electron chi connectivity index (χ3n) is 3.63. The van der Waals surface area contributed by atoms with Crippen LogP contribution in [0.1, 0.15) is 20.7 Å². The van der Waals surface area contributed by atoms with E-state index in [0.29, 0.717) is 15.6 Å². The Morgan fingerprint density at radius 3 is 2.41 bits per heavy atom. The molecule has 1 amide bonds. The lowest BCUT2D eigenvalue weighted by atomic mass is 10.1. The molecule has 1 heterocycles. The lowest BCUT2D eigenvalue weighted by Crippen LogP contribution is -2.15. The Kier molecular flexibility index (Phi) is 5.84. The fraction of sp³-hybridized carbons (Fsp3) is 0.0556. The van der Waals surface area contributed by atoms with Crippen LogP contribution in [-0.4, -0.2) is 24.1 Å². The van der Waals surface area contributed by atoms with Crippen LogP contribution in [0.5, 0.6) is 0 Å². The minimum Gasteiger partial charge on any atom is -0.465 e. The summed E-state index contributed by atoms with van der Waals surface area (Å²) in [6, 6.07) is 11.6. The molecule has 138 valence electrons. The summed E-state index contributed by atoms with van der Waals surface area (Å²) in [5.74, 6) is -1.43. The zero-order chi connectivity index (χ0) is 19.6. The van der Waals surface area contributed by atoms with Gasteiger partial charge in [0.1, 0.15) is 5.69 Å². The highest BCUT2D eigenvalue weighted by atomic mass is 79.9. The molecule has 3 rings (SSSR count). The molecule has 0 spiro atoms. The highest BCUT2D eigenvalue weighted by Crippen LogP contribution is 2.38. The number of nitrogens with one attached hydrogen (secondary N) is 1. The lowest BCUT2D eigenvalue weighted by molar-refractivity contribution is 0.0602. The van der Waals surface area contributed by atoms with Crippen LogP contribution >= 0.6 is 39.1 Å². The molecule has 0 aliphatic heterocycles. The van der Waals surface area contributed by atoms with Crippen LogP contribution in [0.2, 0.25) is 10.0 Å². The van der Waals surface area contributed by atoms with Crippen molar-refractivity contribution < 1.29 is 18.8 Å². The van der Waals surface area contributed by atoms with E-state index >= 15 is 0 Å². The number of esters is 1. The molecule has 0 fully saturated rings. The van der Waals surface area contributed by atoms with Gasteiger partial charge in [-0.2, -0.15) is 0 Å². The third-order valence-corrected chi connectivity index (χ3v) is 4.95. The van der Waals surface area contributed by atoms with Crippen molar-refractivity contribution in [1.82, 2.24) is 5.16 Å². The Bertz CT molecular complexity index is 1020. The Morgan fingerprint density at radius 2 is 1.78 bits per heavy atom.